The molecule has 4 nitrogen and oxygen atoms in total. The van der Waals surface area contributed by atoms with Gasteiger partial charge in [-0.25, -0.2) is 0 Å². The van der Waals surface area contributed by atoms with Crippen molar-refractivity contribution in [2.45, 2.75) is 25.8 Å². The van der Waals surface area contributed by atoms with E-state index in [1.807, 2.05) is 24.3 Å². The molecule has 26 heavy (non-hydrogen) atoms. The smallest absolute Gasteiger partial charge is 0.226 e. The van der Waals surface area contributed by atoms with Crippen LogP contribution in [0.2, 0.25) is 5.02 Å². The van der Waals surface area contributed by atoms with Gasteiger partial charge in [0, 0.05) is 25.0 Å². The van der Waals surface area contributed by atoms with Gasteiger partial charge in [0.05, 0.1) is 12.0 Å². The van der Waals surface area contributed by atoms with Crippen molar-refractivity contribution >= 4 is 23.4 Å². The first-order valence-electron chi connectivity index (χ1n) is 8.80. The summed E-state index contributed by atoms with van der Waals surface area (Å²) in [7, 11) is 1.74. The molecule has 2 amide bonds. The van der Waals surface area contributed by atoms with Crippen LogP contribution in [0.4, 0.5) is 0 Å². The Morgan fingerprint density at radius 3 is 2.73 bits per heavy atom. The van der Waals surface area contributed by atoms with Crippen LogP contribution in [0.25, 0.3) is 0 Å². The summed E-state index contributed by atoms with van der Waals surface area (Å²) in [6.45, 7) is 2.61. The van der Waals surface area contributed by atoms with Gasteiger partial charge in [0.15, 0.2) is 0 Å². The average Bonchev–Trinajstić information content (AvgIpc) is 2.90. The fourth-order valence-corrected chi connectivity index (χ4v) is 3.78. The van der Waals surface area contributed by atoms with Crippen molar-refractivity contribution < 1.29 is 9.59 Å². The number of hydrogen-bond donors (Lipinski definition) is 1. The van der Waals surface area contributed by atoms with Crippen LogP contribution in [0.15, 0.2) is 48.5 Å². The molecular formula is C21H23ClN2O2. The lowest BCUT2D eigenvalue weighted by atomic mass is 9.93. The maximum Gasteiger partial charge on any atom is 0.226 e. The first-order valence-corrected chi connectivity index (χ1v) is 9.18. The zero-order valence-corrected chi connectivity index (χ0v) is 15.8. The molecule has 0 aliphatic carbocycles. The van der Waals surface area contributed by atoms with Crippen molar-refractivity contribution in [2.75, 3.05) is 13.6 Å². The first kappa shape index (κ1) is 18.5. The Hall–Kier alpha value is -2.33. The van der Waals surface area contributed by atoms with Crippen molar-refractivity contribution in [3.8, 4) is 0 Å². The second-order valence-electron chi connectivity index (χ2n) is 6.85. The topological polar surface area (TPSA) is 49.4 Å². The third kappa shape index (κ3) is 4.07. The fourth-order valence-electron chi connectivity index (χ4n) is 3.58. The number of rotatable bonds is 5. The van der Waals surface area contributed by atoms with Gasteiger partial charge in [0.25, 0.3) is 0 Å². The Labute approximate surface area is 159 Å². The number of carbonyl (C=O) groups excluding carboxylic acids is 2. The van der Waals surface area contributed by atoms with E-state index in [0.29, 0.717) is 11.6 Å². The Balaban J connectivity index is 1.67. The van der Waals surface area contributed by atoms with Crippen molar-refractivity contribution in [1.82, 2.24) is 10.2 Å². The number of carbonyl (C=O) groups is 2. The predicted molar refractivity (Wildman–Crippen MR) is 103 cm³/mol. The Morgan fingerprint density at radius 1 is 1.23 bits per heavy atom. The van der Waals surface area contributed by atoms with Crippen LogP contribution in [0.1, 0.15) is 29.2 Å². The van der Waals surface area contributed by atoms with E-state index >= 15 is 0 Å². The average molecular weight is 371 g/mol. The summed E-state index contributed by atoms with van der Waals surface area (Å²) < 4.78 is 0. The summed E-state index contributed by atoms with van der Waals surface area (Å²) in [5.74, 6) is -0.502. The van der Waals surface area contributed by atoms with Gasteiger partial charge in [-0.05, 0) is 36.6 Å². The van der Waals surface area contributed by atoms with Crippen LogP contribution in [-0.2, 0) is 16.0 Å². The lowest BCUT2D eigenvalue weighted by molar-refractivity contribution is -0.128. The van der Waals surface area contributed by atoms with E-state index < -0.39 is 5.92 Å². The van der Waals surface area contributed by atoms with Gasteiger partial charge in [-0.1, -0.05) is 53.6 Å². The number of likely N-dealkylation sites (tertiary alicyclic amines) is 1. The SMILES string of the molecule is Cc1cccc(CCNC(=O)C2CC(=O)N(C)C2c2cccc(Cl)c2)c1. The Morgan fingerprint density at radius 2 is 2.00 bits per heavy atom. The molecule has 1 aliphatic heterocycles. The predicted octanol–water partition coefficient (Wildman–Crippen LogP) is 3.53. The normalized spacial score (nSPS) is 19.7. The molecule has 2 aromatic carbocycles. The molecule has 1 N–H and O–H groups in total. The van der Waals surface area contributed by atoms with E-state index in [2.05, 4.69) is 30.4 Å². The van der Waals surface area contributed by atoms with Crippen LogP contribution in [0.3, 0.4) is 0 Å². The summed E-state index contributed by atoms with van der Waals surface area (Å²) in [4.78, 5) is 26.6. The van der Waals surface area contributed by atoms with Gasteiger partial charge < -0.3 is 10.2 Å². The summed E-state index contributed by atoms with van der Waals surface area (Å²) in [6, 6.07) is 15.4. The molecule has 2 unspecified atom stereocenters. The number of halogens is 1. The molecule has 0 radical (unpaired) electrons. The minimum absolute atomic E-state index is 0.0196. The van der Waals surface area contributed by atoms with Crippen molar-refractivity contribution in [3.05, 3.63) is 70.2 Å². The molecule has 1 aliphatic rings. The highest BCUT2D eigenvalue weighted by molar-refractivity contribution is 6.30. The highest BCUT2D eigenvalue weighted by Crippen LogP contribution is 2.37. The molecule has 5 heteroatoms. The third-order valence-electron chi connectivity index (χ3n) is 4.91. The molecule has 1 heterocycles. The number of nitrogens with one attached hydrogen (secondary N) is 1. The van der Waals surface area contributed by atoms with Crippen molar-refractivity contribution in [3.63, 3.8) is 0 Å². The molecule has 0 spiro atoms. The monoisotopic (exact) mass is 370 g/mol. The molecular weight excluding hydrogens is 348 g/mol. The van der Waals surface area contributed by atoms with Crippen molar-refractivity contribution in [2.24, 2.45) is 5.92 Å². The molecule has 136 valence electrons. The van der Waals surface area contributed by atoms with Gasteiger partial charge >= 0.3 is 0 Å². The number of aryl methyl sites for hydroxylation is 1. The fraction of sp³-hybridized carbons (Fsp3) is 0.333. The molecule has 1 saturated heterocycles. The van der Waals surface area contributed by atoms with Crippen LogP contribution >= 0.6 is 11.6 Å². The third-order valence-corrected chi connectivity index (χ3v) is 5.14. The lowest BCUT2D eigenvalue weighted by Gasteiger charge is -2.25. The van der Waals surface area contributed by atoms with Gasteiger partial charge in [-0.2, -0.15) is 0 Å². The summed E-state index contributed by atoms with van der Waals surface area (Å²) in [5, 5.41) is 3.60. The number of amides is 2. The summed E-state index contributed by atoms with van der Waals surface area (Å²) in [6.07, 6.45) is 0.996. The molecule has 0 saturated carbocycles. The number of benzene rings is 2. The van der Waals surface area contributed by atoms with Gasteiger partial charge in [0.1, 0.15) is 0 Å². The molecule has 0 bridgehead atoms. The Kier molecular flexibility index (Phi) is 5.62. The molecule has 2 atom stereocenters. The minimum atomic E-state index is -0.400. The summed E-state index contributed by atoms with van der Waals surface area (Å²) in [5.41, 5.74) is 3.29. The van der Waals surface area contributed by atoms with E-state index in [0.717, 1.165) is 12.0 Å². The lowest BCUT2D eigenvalue weighted by Crippen LogP contribution is -2.35. The van der Waals surface area contributed by atoms with Crippen LogP contribution < -0.4 is 5.32 Å². The number of nitrogens with zero attached hydrogens (tertiary/aromatic N) is 1. The van der Waals surface area contributed by atoms with Crippen molar-refractivity contribution in [1.29, 1.82) is 0 Å². The quantitative estimate of drug-likeness (QED) is 0.875. The highest BCUT2D eigenvalue weighted by Gasteiger charge is 2.42. The maximum atomic E-state index is 12.7. The highest BCUT2D eigenvalue weighted by atomic mass is 35.5. The van der Waals surface area contributed by atoms with E-state index in [9.17, 15) is 9.59 Å². The first-order chi connectivity index (χ1) is 12.5. The molecule has 1 fully saturated rings. The zero-order chi connectivity index (χ0) is 18.7. The molecule has 0 aromatic heterocycles. The minimum Gasteiger partial charge on any atom is -0.355 e. The standard InChI is InChI=1S/C21H23ClN2O2/c1-14-5-3-6-15(11-14)9-10-23-21(26)18-13-19(25)24(2)20(18)16-7-4-8-17(22)12-16/h3-8,11-12,18,20H,9-10,13H2,1-2H3,(H,23,26). The van der Waals surface area contributed by atoms with E-state index in [1.165, 1.54) is 11.1 Å². The summed E-state index contributed by atoms with van der Waals surface area (Å²) >= 11 is 6.09. The van der Waals surface area contributed by atoms with Crippen LogP contribution in [0.5, 0.6) is 0 Å². The second-order valence-corrected chi connectivity index (χ2v) is 7.28. The van der Waals surface area contributed by atoms with Crippen LogP contribution in [0, 0.1) is 12.8 Å². The second kappa shape index (κ2) is 7.92. The van der Waals surface area contributed by atoms with Gasteiger partial charge in [-0.15, -0.1) is 0 Å². The molecule has 2 aromatic rings. The van der Waals surface area contributed by atoms with Gasteiger partial charge in [-0.3, -0.25) is 9.59 Å². The largest absolute Gasteiger partial charge is 0.355 e. The van der Waals surface area contributed by atoms with E-state index in [4.69, 9.17) is 11.6 Å². The number of hydrogen-bond acceptors (Lipinski definition) is 2. The Bertz CT molecular complexity index is 821. The van der Waals surface area contributed by atoms with E-state index in [1.54, 1.807) is 18.0 Å². The molecule has 3 rings (SSSR count). The maximum absolute atomic E-state index is 12.7. The van der Waals surface area contributed by atoms with Gasteiger partial charge in [0.2, 0.25) is 11.8 Å². The zero-order valence-electron chi connectivity index (χ0n) is 15.0. The van der Waals surface area contributed by atoms with E-state index in [-0.39, 0.29) is 24.3 Å². The van der Waals surface area contributed by atoms with Crippen LogP contribution in [-0.4, -0.2) is 30.3 Å².